The number of fused-ring (bicyclic) bond motifs is 1. The molecule has 3 rings (SSSR count). The minimum absolute atomic E-state index is 0.0429. The molecular formula is C18H13Cl4NO4. The largest absolute Gasteiger partial charge is 0.414 e. The zero-order valence-electron chi connectivity index (χ0n) is 14.4. The quantitative estimate of drug-likeness (QED) is 0.362. The van der Waals surface area contributed by atoms with E-state index in [1.165, 1.54) is 6.92 Å². The van der Waals surface area contributed by atoms with Gasteiger partial charge in [-0.3, -0.25) is 4.79 Å². The van der Waals surface area contributed by atoms with Gasteiger partial charge in [0, 0.05) is 32.3 Å². The molecule has 1 atom stereocenters. The van der Waals surface area contributed by atoms with E-state index in [4.69, 9.17) is 55.9 Å². The summed E-state index contributed by atoms with van der Waals surface area (Å²) >= 11 is 24.8. The minimum Gasteiger partial charge on any atom is -0.414 e. The van der Waals surface area contributed by atoms with Crippen LogP contribution in [0, 0.1) is 0 Å². The Hall–Kier alpha value is -1.66. The van der Waals surface area contributed by atoms with Gasteiger partial charge in [0.2, 0.25) is 0 Å². The Morgan fingerprint density at radius 3 is 2.07 bits per heavy atom. The zero-order valence-corrected chi connectivity index (χ0v) is 17.4. The maximum absolute atomic E-state index is 12.6. The van der Waals surface area contributed by atoms with Crippen LogP contribution in [0.25, 0.3) is 0 Å². The molecule has 9 heteroatoms. The highest BCUT2D eigenvalue weighted by Gasteiger charge is 2.54. The third-order valence-electron chi connectivity index (χ3n) is 4.09. The Balaban J connectivity index is 2.34. The standard InChI is InChI=1S/C18H13Cl4NO4/c1-8(24)26-18(9-4-6-10(7-5-9)23(2)3)12-11(17(25)27-18)13(19)15(21)16(22)14(12)20/h4-7H,1-3H3. The second-order valence-electron chi connectivity index (χ2n) is 6.05. The van der Waals surface area contributed by atoms with E-state index in [0.717, 1.165) is 5.69 Å². The fourth-order valence-corrected chi connectivity index (χ4v) is 3.93. The Kier molecular flexibility index (Phi) is 5.25. The zero-order chi connectivity index (χ0) is 20.1. The molecule has 0 spiro atoms. The van der Waals surface area contributed by atoms with Crippen LogP contribution in [0.15, 0.2) is 24.3 Å². The topological polar surface area (TPSA) is 55.8 Å². The Bertz CT molecular complexity index is 959. The molecule has 1 aliphatic heterocycles. The Labute approximate surface area is 175 Å². The number of ether oxygens (including phenoxy) is 2. The van der Waals surface area contributed by atoms with Crippen molar-refractivity contribution in [2.45, 2.75) is 12.7 Å². The molecule has 0 fully saturated rings. The first-order valence-electron chi connectivity index (χ1n) is 7.67. The number of rotatable bonds is 3. The SMILES string of the molecule is CC(=O)OC1(c2ccc(N(C)C)cc2)OC(=O)c2c(Cl)c(Cl)c(Cl)c(Cl)c21. The van der Waals surface area contributed by atoms with Crippen LogP contribution in [0.1, 0.15) is 28.4 Å². The van der Waals surface area contributed by atoms with E-state index >= 15 is 0 Å². The molecule has 1 aliphatic rings. The van der Waals surface area contributed by atoms with E-state index in [9.17, 15) is 9.59 Å². The number of hydrogen-bond acceptors (Lipinski definition) is 5. The van der Waals surface area contributed by atoms with Gasteiger partial charge >= 0.3 is 17.7 Å². The summed E-state index contributed by atoms with van der Waals surface area (Å²) in [6.45, 7) is 1.19. The maximum Gasteiger partial charge on any atom is 0.344 e. The van der Waals surface area contributed by atoms with E-state index in [2.05, 4.69) is 0 Å². The molecule has 0 radical (unpaired) electrons. The summed E-state index contributed by atoms with van der Waals surface area (Å²) in [4.78, 5) is 26.3. The van der Waals surface area contributed by atoms with E-state index in [-0.39, 0.29) is 31.2 Å². The van der Waals surface area contributed by atoms with Crippen molar-refractivity contribution in [1.82, 2.24) is 0 Å². The van der Waals surface area contributed by atoms with Crippen LogP contribution in [0.3, 0.4) is 0 Å². The lowest BCUT2D eigenvalue weighted by molar-refractivity contribution is -0.191. The van der Waals surface area contributed by atoms with Crippen LogP contribution in [0.5, 0.6) is 0 Å². The predicted octanol–water partition coefficient (Wildman–Crippen LogP) is 5.30. The highest BCUT2D eigenvalue weighted by Crippen LogP contribution is 2.53. The summed E-state index contributed by atoms with van der Waals surface area (Å²) in [7, 11) is 3.75. The molecule has 5 nitrogen and oxygen atoms in total. The van der Waals surface area contributed by atoms with Crippen molar-refractivity contribution < 1.29 is 19.1 Å². The average molecular weight is 449 g/mol. The molecule has 142 valence electrons. The van der Waals surface area contributed by atoms with E-state index in [1.54, 1.807) is 24.3 Å². The normalized spacial score (nSPS) is 18.1. The van der Waals surface area contributed by atoms with Crippen molar-refractivity contribution >= 4 is 64.0 Å². The molecule has 1 unspecified atom stereocenters. The summed E-state index contributed by atoms with van der Waals surface area (Å²) < 4.78 is 11.0. The van der Waals surface area contributed by atoms with Crippen LogP contribution in [-0.2, 0) is 20.1 Å². The lowest BCUT2D eigenvalue weighted by atomic mass is 9.94. The Morgan fingerprint density at radius 1 is 1.00 bits per heavy atom. The van der Waals surface area contributed by atoms with Crippen LogP contribution >= 0.6 is 46.4 Å². The fourth-order valence-electron chi connectivity index (χ4n) is 2.88. The molecule has 0 bridgehead atoms. The van der Waals surface area contributed by atoms with Gasteiger partial charge in [0.05, 0.1) is 31.2 Å². The summed E-state index contributed by atoms with van der Waals surface area (Å²) in [6.07, 6.45) is 0. The van der Waals surface area contributed by atoms with E-state index in [0.29, 0.717) is 5.56 Å². The first kappa shape index (κ1) is 20.1. The Morgan fingerprint density at radius 2 is 1.56 bits per heavy atom. The molecule has 27 heavy (non-hydrogen) atoms. The molecule has 0 N–H and O–H groups in total. The van der Waals surface area contributed by atoms with Crippen molar-refractivity contribution in [2.75, 3.05) is 19.0 Å². The predicted molar refractivity (Wildman–Crippen MR) is 105 cm³/mol. The second kappa shape index (κ2) is 7.06. The van der Waals surface area contributed by atoms with Gasteiger partial charge < -0.3 is 14.4 Å². The molecule has 0 aromatic heterocycles. The fraction of sp³-hybridized carbons (Fsp3) is 0.222. The van der Waals surface area contributed by atoms with E-state index < -0.39 is 17.7 Å². The third kappa shape index (κ3) is 3.13. The molecule has 0 saturated heterocycles. The number of carbonyl (C=O) groups is 2. The molecule has 2 aromatic rings. The second-order valence-corrected chi connectivity index (χ2v) is 7.56. The van der Waals surface area contributed by atoms with Crippen molar-refractivity contribution in [1.29, 1.82) is 0 Å². The van der Waals surface area contributed by atoms with Gasteiger partial charge in [-0.1, -0.05) is 46.4 Å². The first-order chi connectivity index (χ1) is 12.6. The molecule has 1 heterocycles. The highest BCUT2D eigenvalue weighted by atomic mass is 35.5. The smallest absolute Gasteiger partial charge is 0.344 e. The van der Waals surface area contributed by atoms with Crippen LogP contribution in [0.4, 0.5) is 5.69 Å². The van der Waals surface area contributed by atoms with Crippen molar-refractivity contribution in [3.8, 4) is 0 Å². The van der Waals surface area contributed by atoms with Crippen LogP contribution < -0.4 is 4.90 Å². The first-order valence-corrected chi connectivity index (χ1v) is 9.18. The average Bonchev–Trinajstić information content (AvgIpc) is 2.90. The van der Waals surface area contributed by atoms with Gasteiger partial charge in [-0.25, -0.2) is 4.79 Å². The molecule has 0 amide bonds. The van der Waals surface area contributed by atoms with Crippen molar-refractivity contribution in [3.05, 3.63) is 61.0 Å². The van der Waals surface area contributed by atoms with Crippen LogP contribution in [0.2, 0.25) is 20.1 Å². The number of cyclic esters (lactones) is 1. The van der Waals surface area contributed by atoms with Gasteiger partial charge in [-0.2, -0.15) is 0 Å². The summed E-state index contributed by atoms with van der Waals surface area (Å²) in [5.74, 6) is -3.43. The lowest BCUT2D eigenvalue weighted by Crippen LogP contribution is -2.33. The lowest BCUT2D eigenvalue weighted by Gasteiger charge is -2.29. The monoisotopic (exact) mass is 447 g/mol. The highest BCUT2D eigenvalue weighted by molar-refractivity contribution is 6.53. The molecule has 0 saturated carbocycles. The summed E-state index contributed by atoms with van der Waals surface area (Å²) in [5, 5.41) is -0.350. The van der Waals surface area contributed by atoms with Gasteiger partial charge in [-0.05, 0) is 24.3 Å². The number of halogens is 4. The third-order valence-corrected chi connectivity index (χ3v) is 5.89. The van der Waals surface area contributed by atoms with Gasteiger partial charge in [0.25, 0.3) is 0 Å². The molecule has 2 aromatic carbocycles. The molecule has 0 aliphatic carbocycles. The maximum atomic E-state index is 12.6. The number of anilines is 1. The van der Waals surface area contributed by atoms with Gasteiger partial charge in [0.1, 0.15) is 0 Å². The van der Waals surface area contributed by atoms with Crippen molar-refractivity contribution in [3.63, 3.8) is 0 Å². The number of carbonyl (C=O) groups excluding carboxylic acids is 2. The summed E-state index contributed by atoms with van der Waals surface area (Å²) in [5.41, 5.74) is 1.21. The van der Waals surface area contributed by atoms with Gasteiger partial charge in [0.15, 0.2) is 0 Å². The van der Waals surface area contributed by atoms with Gasteiger partial charge in [-0.15, -0.1) is 0 Å². The van der Waals surface area contributed by atoms with E-state index in [1.807, 2.05) is 19.0 Å². The number of hydrogen-bond donors (Lipinski definition) is 0. The minimum atomic E-state index is -1.92. The summed E-state index contributed by atoms with van der Waals surface area (Å²) in [6, 6.07) is 6.87. The molecular weight excluding hydrogens is 436 g/mol. The number of benzene rings is 2. The number of esters is 2. The number of nitrogens with zero attached hydrogens (tertiary/aromatic N) is 1. The van der Waals surface area contributed by atoms with Crippen molar-refractivity contribution in [2.24, 2.45) is 0 Å². The van der Waals surface area contributed by atoms with Crippen LogP contribution in [-0.4, -0.2) is 26.0 Å².